The SMILES string of the molecule is N#Cc1ccc(NC(=O)Cn2cnc3cc4c(cc32)OCCO4)cc1. The normalized spacial score (nSPS) is 12.6. The van der Waals surface area contributed by atoms with Crippen LogP contribution in [0.1, 0.15) is 5.56 Å². The Morgan fingerprint density at radius 2 is 1.92 bits per heavy atom. The number of carbonyl (C=O) groups excluding carboxylic acids is 1. The largest absolute Gasteiger partial charge is 0.486 e. The first-order chi connectivity index (χ1) is 12.2. The van der Waals surface area contributed by atoms with Crippen LogP contribution in [-0.4, -0.2) is 28.7 Å². The predicted octanol–water partition coefficient (Wildman–Crippen LogP) is 2.32. The molecule has 3 aromatic rings. The van der Waals surface area contributed by atoms with Crippen molar-refractivity contribution >= 4 is 22.6 Å². The number of nitriles is 1. The molecular weight excluding hydrogens is 320 g/mol. The highest BCUT2D eigenvalue weighted by Gasteiger charge is 2.16. The molecule has 25 heavy (non-hydrogen) atoms. The van der Waals surface area contributed by atoms with E-state index in [1.165, 1.54) is 0 Å². The number of ether oxygens (including phenoxy) is 2. The number of anilines is 1. The van der Waals surface area contributed by atoms with Gasteiger partial charge in [0.25, 0.3) is 0 Å². The number of carbonyl (C=O) groups is 1. The van der Waals surface area contributed by atoms with E-state index in [-0.39, 0.29) is 12.5 Å². The summed E-state index contributed by atoms with van der Waals surface area (Å²) < 4.78 is 12.9. The lowest BCUT2D eigenvalue weighted by atomic mass is 10.2. The summed E-state index contributed by atoms with van der Waals surface area (Å²) in [6, 6.07) is 12.4. The zero-order chi connectivity index (χ0) is 17.2. The van der Waals surface area contributed by atoms with Crippen LogP contribution < -0.4 is 14.8 Å². The number of benzene rings is 2. The number of aromatic nitrogens is 2. The van der Waals surface area contributed by atoms with Gasteiger partial charge in [-0.3, -0.25) is 4.79 Å². The van der Waals surface area contributed by atoms with E-state index in [9.17, 15) is 4.79 Å². The third kappa shape index (κ3) is 2.97. The van der Waals surface area contributed by atoms with E-state index in [1.807, 2.05) is 18.2 Å². The minimum absolute atomic E-state index is 0.121. The standard InChI is InChI=1S/C18H14N4O3/c19-9-12-1-3-13(4-2-12)21-18(23)10-22-11-20-14-7-16-17(8-15(14)22)25-6-5-24-16/h1-4,7-8,11H,5-6,10H2,(H,21,23). The molecule has 4 rings (SSSR count). The fourth-order valence-corrected chi connectivity index (χ4v) is 2.70. The minimum Gasteiger partial charge on any atom is -0.486 e. The molecule has 0 radical (unpaired) electrons. The molecule has 0 atom stereocenters. The summed E-state index contributed by atoms with van der Waals surface area (Å²) in [5, 5.41) is 11.6. The van der Waals surface area contributed by atoms with Crippen molar-refractivity contribution in [3.05, 3.63) is 48.3 Å². The number of rotatable bonds is 3. The molecule has 1 aliphatic rings. The Kier molecular flexibility index (Phi) is 3.71. The van der Waals surface area contributed by atoms with Crippen LogP contribution in [-0.2, 0) is 11.3 Å². The van der Waals surface area contributed by atoms with E-state index < -0.39 is 0 Å². The minimum atomic E-state index is -0.182. The maximum atomic E-state index is 12.3. The van der Waals surface area contributed by atoms with E-state index in [1.54, 1.807) is 35.2 Å². The molecular formula is C18H14N4O3. The topological polar surface area (TPSA) is 89.2 Å². The van der Waals surface area contributed by atoms with Gasteiger partial charge in [-0.1, -0.05) is 0 Å². The second kappa shape index (κ2) is 6.17. The van der Waals surface area contributed by atoms with Crippen molar-refractivity contribution in [1.29, 1.82) is 5.26 Å². The molecule has 0 spiro atoms. The quantitative estimate of drug-likeness (QED) is 0.794. The smallest absolute Gasteiger partial charge is 0.244 e. The highest BCUT2D eigenvalue weighted by molar-refractivity contribution is 5.92. The second-order valence-electron chi connectivity index (χ2n) is 5.59. The lowest BCUT2D eigenvalue weighted by Gasteiger charge is -2.18. The van der Waals surface area contributed by atoms with E-state index in [2.05, 4.69) is 10.3 Å². The van der Waals surface area contributed by atoms with Gasteiger partial charge in [-0.05, 0) is 24.3 Å². The van der Waals surface area contributed by atoms with Gasteiger partial charge in [-0.25, -0.2) is 4.98 Å². The first kappa shape index (κ1) is 15.0. The summed E-state index contributed by atoms with van der Waals surface area (Å²) >= 11 is 0. The van der Waals surface area contributed by atoms with Gasteiger partial charge in [-0.2, -0.15) is 5.26 Å². The lowest BCUT2D eigenvalue weighted by Crippen LogP contribution is -2.18. The zero-order valence-corrected chi connectivity index (χ0v) is 13.2. The highest BCUT2D eigenvalue weighted by Crippen LogP contribution is 2.34. The monoisotopic (exact) mass is 334 g/mol. The summed E-state index contributed by atoms with van der Waals surface area (Å²) in [6.45, 7) is 1.15. The average Bonchev–Trinajstić information content (AvgIpc) is 3.02. The Bertz CT molecular complexity index is 986. The van der Waals surface area contributed by atoms with Gasteiger partial charge < -0.3 is 19.4 Å². The third-order valence-electron chi connectivity index (χ3n) is 3.90. The van der Waals surface area contributed by atoms with Gasteiger partial charge in [0.2, 0.25) is 5.91 Å². The van der Waals surface area contributed by atoms with Gasteiger partial charge in [-0.15, -0.1) is 0 Å². The van der Waals surface area contributed by atoms with Crippen molar-refractivity contribution in [3.8, 4) is 17.6 Å². The highest BCUT2D eigenvalue weighted by atomic mass is 16.6. The molecule has 0 bridgehead atoms. The number of imidazole rings is 1. The van der Waals surface area contributed by atoms with Crippen molar-refractivity contribution in [3.63, 3.8) is 0 Å². The Morgan fingerprint density at radius 1 is 1.20 bits per heavy atom. The van der Waals surface area contributed by atoms with Crippen molar-refractivity contribution in [2.75, 3.05) is 18.5 Å². The second-order valence-corrected chi connectivity index (χ2v) is 5.59. The van der Waals surface area contributed by atoms with Crippen LogP contribution in [0.25, 0.3) is 11.0 Å². The lowest BCUT2D eigenvalue weighted by molar-refractivity contribution is -0.116. The fraction of sp³-hybridized carbons (Fsp3) is 0.167. The molecule has 0 saturated carbocycles. The van der Waals surface area contributed by atoms with Crippen molar-refractivity contribution < 1.29 is 14.3 Å². The van der Waals surface area contributed by atoms with Crippen LogP contribution >= 0.6 is 0 Å². The molecule has 124 valence electrons. The maximum Gasteiger partial charge on any atom is 0.244 e. The molecule has 0 unspecified atom stereocenters. The number of nitrogens with zero attached hydrogens (tertiary/aromatic N) is 3. The van der Waals surface area contributed by atoms with Gasteiger partial charge >= 0.3 is 0 Å². The molecule has 2 aromatic carbocycles. The summed E-state index contributed by atoms with van der Waals surface area (Å²) in [6.07, 6.45) is 1.62. The van der Waals surface area contributed by atoms with Crippen LogP contribution in [0.4, 0.5) is 5.69 Å². The molecule has 2 heterocycles. The van der Waals surface area contributed by atoms with E-state index in [0.29, 0.717) is 36.0 Å². The molecule has 1 aliphatic heterocycles. The maximum absolute atomic E-state index is 12.3. The van der Waals surface area contributed by atoms with Gasteiger partial charge in [0.1, 0.15) is 19.8 Å². The summed E-state index contributed by atoms with van der Waals surface area (Å²) in [4.78, 5) is 16.6. The van der Waals surface area contributed by atoms with Crippen LogP contribution in [0, 0.1) is 11.3 Å². The van der Waals surface area contributed by atoms with Crippen molar-refractivity contribution in [2.24, 2.45) is 0 Å². The molecule has 1 N–H and O–H groups in total. The van der Waals surface area contributed by atoms with Crippen molar-refractivity contribution in [1.82, 2.24) is 9.55 Å². The first-order valence-corrected chi connectivity index (χ1v) is 7.77. The number of nitrogens with one attached hydrogen (secondary N) is 1. The van der Waals surface area contributed by atoms with Crippen LogP contribution in [0.15, 0.2) is 42.7 Å². The number of hydrogen-bond acceptors (Lipinski definition) is 5. The Hall–Kier alpha value is -3.53. The van der Waals surface area contributed by atoms with Crippen LogP contribution in [0.5, 0.6) is 11.5 Å². The van der Waals surface area contributed by atoms with Gasteiger partial charge in [0, 0.05) is 17.8 Å². The molecule has 7 heteroatoms. The Labute approximate surface area is 143 Å². The summed E-state index contributed by atoms with van der Waals surface area (Å²) in [7, 11) is 0. The number of amides is 1. The molecule has 1 aromatic heterocycles. The average molecular weight is 334 g/mol. The number of fused-ring (bicyclic) bond motifs is 2. The van der Waals surface area contributed by atoms with E-state index in [4.69, 9.17) is 14.7 Å². The third-order valence-corrected chi connectivity index (χ3v) is 3.90. The van der Waals surface area contributed by atoms with Crippen molar-refractivity contribution in [2.45, 2.75) is 6.54 Å². The Balaban J connectivity index is 1.53. The molecule has 0 fully saturated rings. The van der Waals surface area contributed by atoms with E-state index in [0.717, 1.165) is 11.0 Å². The van der Waals surface area contributed by atoms with Gasteiger partial charge in [0.05, 0.1) is 29.0 Å². The zero-order valence-electron chi connectivity index (χ0n) is 13.2. The molecule has 0 saturated heterocycles. The van der Waals surface area contributed by atoms with E-state index >= 15 is 0 Å². The molecule has 7 nitrogen and oxygen atoms in total. The summed E-state index contributed by atoms with van der Waals surface area (Å²) in [5.74, 6) is 1.15. The first-order valence-electron chi connectivity index (χ1n) is 7.77. The molecule has 0 aliphatic carbocycles. The Morgan fingerprint density at radius 3 is 2.64 bits per heavy atom. The van der Waals surface area contributed by atoms with Crippen LogP contribution in [0.2, 0.25) is 0 Å². The van der Waals surface area contributed by atoms with Crippen LogP contribution in [0.3, 0.4) is 0 Å². The predicted molar refractivity (Wildman–Crippen MR) is 90.5 cm³/mol. The fourth-order valence-electron chi connectivity index (χ4n) is 2.70. The number of hydrogen-bond donors (Lipinski definition) is 1. The molecule has 1 amide bonds. The summed E-state index contributed by atoms with van der Waals surface area (Å²) in [5.41, 5.74) is 2.74. The van der Waals surface area contributed by atoms with Gasteiger partial charge in [0.15, 0.2) is 11.5 Å².